The molecule has 0 aliphatic heterocycles. The van der Waals surface area contributed by atoms with E-state index in [1.807, 2.05) is 12.3 Å². The van der Waals surface area contributed by atoms with E-state index in [2.05, 4.69) is 0 Å². The van der Waals surface area contributed by atoms with Gasteiger partial charge in [0.05, 0.1) is 5.75 Å². The van der Waals surface area contributed by atoms with Gasteiger partial charge in [-0.05, 0) is 30.0 Å². The Bertz CT molecular complexity index is 429. The van der Waals surface area contributed by atoms with Gasteiger partial charge in [0.1, 0.15) is 0 Å². The van der Waals surface area contributed by atoms with E-state index in [0.29, 0.717) is 10.6 Å². The monoisotopic (exact) mass is 270 g/mol. The molecule has 1 aromatic rings. The standard InChI is InChI=1S/C8H8Cl2O2S2/c1-13-7-2-3-8(9)6(4-7)5-14(10,11)12/h2-4H,5H2,1H3. The SMILES string of the molecule is CSc1ccc(Cl)c(CS(=O)(=O)Cl)c1. The van der Waals surface area contributed by atoms with Crippen molar-refractivity contribution in [1.29, 1.82) is 0 Å². The van der Waals surface area contributed by atoms with Crippen molar-refractivity contribution in [1.82, 2.24) is 0 Å². The Labute approximate surface area is 97.0 Å². The van der Waals surface area contributed by atoms with E-state index in [4.69, 9.17) is 22.3 Å². The number of thioether (sulfide) groups is 1. The van der Waals surface area contributed by atoms with Gasteiger partial charge in [0.2, 0.25) is 9.05 Å². The topological polar surface area (TPSA) is 34.1 Å². The first-order valence-corrected chi connectivity index (χ1v) is 7.75. The molecule has 0 spiro atoms. The summed E-state index contributed by atoms with van der Waals surface area (Å²) in [5, 5.41) is 0.423. The molecule has 1 aromatic carbocycles. The number of halogens is 2. The molecule has 2 nitrogen and oxygen atoms in total. The van der Waals surface area contributed by atoms with Gasteiger partial charge in [-0.15, -0.1) is 11.8 Å². The summed E-state index contributed by atoms with van der Waals surface area (Å²) >= 11 is 7.35. The number of rotatable bonds is 3. The van der Waals surface area contributed by atoms with Crippen molar-refractivity contribution in [2.24, 2.45) is 0 Å². The van der Waals surface area contributed by atoms with E-state index in [1.54, 1.807) is 12.1 Å². The average Bonchev–Trinajstić information content (AvgIpc) is 2.06. The quantitative estimate of drug-likeness (QED) is 0.625. The Hall–Kier alpha value is 0.1000. The van der Waals surface area contributed by atoms with E-state index in [1.165, 1.54) is 11.8 Å². The first kappa shape index (κ1) is 12.2. The first-order chi connectivity index (χ1) is 6.42. The van der Waals surface area contributed by atoms with Gasteiger partial charge in [-0.25, -0.2) is 8.42 Å². The van der Waals surface area contributed by atoms with Gasteiger partial charge in [0.15, 0.2) is 0 Å². The van der Waals surface area contributed by atoms with Crippen LogP contribution in [0.3, 0.4) is 0 Å². The van der Waals surface area contributed by atoms with Gasteiger partial charge in [-0.2, -0.15) is 0 Å². The van der Waals surface area contributed by atoms with Crippen molar-refractivity contribution < 1.29 is 8.42 Å². The maximum absolute atomic E-state index is 10.9. The maximum Gasteiger partial charge on any atom is 0.236 e. The van der Waals surface area contributed by atoms with Crippen LogP contribution in [0.2, 0.25) is 5.02 Å². The smallest absolute Gasteiger partial charge is 0.212 e. The molecule has 0 saturated carbocycles. The van der Waals surface area contributed by atoms with Gasteiger partial charge in [0, 0.05) is 20.6 Å². The van der Waals surface area contributed by atoms with E-state index in [-0.39, 0.29) is 5.75 Å². The zero-order valence-corrected chi connectivity index (χ0v) is 10.5. The van der Waals surface area contributed by atoms with Crippen LogP contribution in [-0.2, 0) is 14.8 Å². The van der Waals surface area contributed by atoms with Crippen molar-refractivity contribution in [3.8, 4) is 0 Å². The lowest BCUT2D eigenvalue weighted by Gasteiger charge is -2.03. The Morgan fingerprint density at radius 3 is 2.57 bits per heavy atom. The molecule has 14 heavy (non-hydrogen) atoms. The van der Waals surface area contributed by atoms with Gasteiger partial charge < -0.3 is 0 Å². The fourth-order valence-electron chi connectivity index (χ4n) is 0.974. The van der Waals surface area contributed by atoms with Crippen LogP contribution in [0.15, 0.2) is 23.1 Å². The molecular formula is C8H8Cl2O2S2. The summed E-state index contributed by atoms with van der Waals surface area (Å²) in [5.41, 5.74) is 0.536. The minimum Gasteiger partial charge on any atom is -0.212 e. The van der Waals surface area contributed by atoms with Crippen molar-refractivity contribution in [3.63, 3.8) is 0 Å². The molecule has 0 radical (unpaired) electrons. The molecule has 0 aromatic heterocycles. The molecule has 0 saturated heterocycles. The minimum absolute atomic E-state index is 0.234. The molecule has 0 fully saturated rings. The second kappa shape index (κ2) is 4.75. The second-order valence-corrected chi connectivity index (χ2v) is 6.70. The van der Waals surface area contributed by atoms with E-state index in [9.17, 15) is 8.42 Å². The van der Waals surface area contributed by atoms with Crippen LogP contribution in [0, 0.1) is 0 Å². The summed E-state index contributed by atoms with van der Waals surface area (Å²) < 4.78 is 21.7. The number of hydrogen-bond acceptors (Lipinski definition) is 3. The van der Waals surface area contributed by atoms with E-state index < -0.39 is 9.05 Å². The van der Waals surface area contributed by atoms with Crippen molar-refractivity contribution >= 4 is 43.1 Å². The number of benzene rings is 1. The van der Waals surface area contributed by atoms with Crippen molar-refractivity contribution in [2.45, 2.75) is 10.6 Å². The van der Waals surface area contributed by atoms with E-state index in [0.717, 1.165) is 4.90 Å². The third-order valence-electron chi connectivity index (χ3n) is 1.58. The molecule has 0 aliphatic carbocycles. The van der Waals surface area contributed by atoms with Gasteiger partial charge >= 0.3 is 0 Å². The van der Waals surface area contributed by atoms with Crippen LogP contribution in [-0.4, -0.2) is 14.7 Å². The van der Waals surface area contributed by atoms with Crippen LogP contribution in [0.25, 0.3) is 0 Å². The van der Waals surface area contributed by atoms with Crippen molar-refractivity contribution in [3.05, 3.63) is 28.8 Å². The Balaban J connectivity index is 3.07. The predicted octanol–water partition coefficient (Wildman–Crippen LogP) is 3.13. The van der Waals surface area contributed by atoms with E-state index >= 15 is 0 Å². The average molecular weight is 271 g/mol. The Morgan fingerprint density at radius 1 is 1.43 bits per heavy atom. The van der Waals surface area contributed by atoms with Gasteiger partial charge in [-0.3, -0.25) is 0 Å². The molecule has 0 bridgehead atoms. The Kier molecular flexibility index (Phi) is 4.13. The van der Waals surface area contributed by atoms with Gasteiger partial charge in [0.25, 0.3) is 0 Å². The molecular weight excluding hydrogens is 263 g/mol. The summed E-state index contributed by atoms with van der Waals surface area (Å²) in [6, 6.07) is 5.23. The molecule has 0 atom stereocenters. The summed E-state index contributed by atoms with van der Waals surface area (Å²) in [7, 11) is 1.60. The molecule has 1 rings (SSSR count). The van der Waals surface area contributed by atoms with Crippen LogP contribution in [0.1, 0.15) is 5.56 Å². The fourth-order valence-corrected chi connectivity index (χ4v) is 2.67. The highest BCUT2D eigenvalue weighted by molar-refractivity contribution is 8.13. The van der Waals surface area contributed by atoms with Crippen LogP contribution < -0.4 is 0 Å². The lowest BCUT2D eigenvalue weighted by molar-refractivity contribution is 0.609. The van der Waals surface area contributed by atoms with Gasteiger partial charge in [-0.1, -0.05) is 11.6 Å². The lowest BCUT2D eigenvalue weighted by Crippen LogP contribution is -1.96. The Morgan fingerprint density at radius 2 is 2.07 bits per heavy atom. The first-order valence-electron chi connectivity index (χ1n) is 3.67. The normalized spacial score (nSPS) is 11.6. The zero-order valence-electron chi connectivity index (χ0n) is 7.33. The maximum atomic E-state index is 10.9. The minimum atomic E-state index is -3.55. The summed E-state index contributed by atoms with van der Waals surface area (Å²) in [5.74, 6) is -0.234. The molecule has 0 N–H and O–H groups in total. The predicted molar refractivity (Wildman–Crippen MR) is 61.7 cm³/mol. The highest BCUT2D eigenvalue weighted by atomic mass is 35.7. The summed E-state index contributed by atoms with van der Waals surface area (Å²) in [4.78, 5) is 0.963. The second-order valence-electron chi connectivity index (χ2n) is 2.64. The molecule has 0 aliphatic rings. The summed E-state index contributed by atoms with van der Waals surface area (Å²) in [6.45, 7) is 0. The third-order valence-corrected chi connectivity index (χ3v) is 3.66. The zero-order chi connectivity index (χ0) is 10.8. The number of hydrogen-bond donors (Lipinski definition) is 0. The molecule has 78 valence electrons. The van der Waals surface area contributed by atoms with Crippen LogP contribution in [0.4, 0.5) is 0 Å². The third kappa shape index (κ3) is 3.69. The molecule has 0 unspecified atom stereocenters. The fraction of sp³-hybridized carbons (Fsp3) is 0.250. The molecule has 0 amide bonds. The highest BCUT2D eigenvalue weighted by Crippen LogP contribution is 2.25. The van der Waals surface area contributed by atoms with Crippen LogP contribution >= 0.6 is 34.0 Å². The lowest BCUT2D eigenvalue weighted by atomic mass is 10.2. The molecule has 0 heterocycles. The highest BCUT2D eigenvalue weighted by Gasteiger charge is 2.10. The molecule has 6 heteroatoms. The summed E-state index contributed by atoms with van der Waals surface area (Å²) in [6.07, 6.45) is 1.90. The largest absolute Gasteiger partial charge is 0.236 e. The van der Waals surface area contributed by atoms with Crippen LogP contribution in [0.5, 0.6) is 0 Å². The van der Waals surface area contributed by atoms with Crippen molar-refractivity contribution in [2.75, 3.05) is 6.26 Å².